The molecule has 0 bridgehead atoms. The molecule has 0 aliphatic heterocycles. The topological polar surface area (TPSA) is 0 Å². The number of rotatable bonds is 4. The molecule has 147 valence electrons. The van der Waals surface area contributed by atoms with Crippen LogP contribution in [-0.2, 0) is 24.7 Å². The van der Waals surface area contributed by atoms with Crippen LogP contribution in [0, 0.1) is 0 Å². The van der Waals surface area contributed by atoms with Crippen LogP contribution in [0.1, 0.15) is 27.2 Å². The van der Waals surface area contributed by atoms with Crippen LogP contribution in [0.2, 0.25) is 5.04 Å². The maximum atomic E-state index is 2.41. The number of allylic oxidation sites excluding steroid dienone is 8. The summed E-state index contributed by atoms with van der Waals surface area (Å²) < 4.78 is 1.66. The summed E-state index contributed by atoms with van der Waals surface area (Å²) in [6, 6.07) is 22.6. The number of benzene rings is 2. The molecule has 2 aromatic carbocycles. The van der Waals surface area contributed by atoms with Crippen molar-refractivity contribution in [2.75, 3.05) is 0 Å². The van der Waals surface area contributed by atoms with E-state index in [-0.39, 0.29) is 29.9 Å². The van der Waals surface area contributed by atoms with Gasteiger partial charge in [0, 0.05) is 0 Å². The third-order valence-corrected chi connectivity index (χ3v) is 13.1. The molecule has 2 aliphatic rings. The first-order valence-corrected chi connectivity index (χ1v) is 12.6. The maximum Gasteiger partial charge on any atom is -1.00 e. The molecule has 1 atom stereocenters. The molecule has 0 aromatic heterocycles. The van der Waals surface area contributed by atoms with Gasteiger partial charge in [0.1, 0.15) is 0 Å². The van der Waals surface area contributed by atoms with E-state index in [4.69, 9.17) is 0 Å². The van der Waals surface area contributed by atoms with Gasteiger partial charge >= 0.3 is 181 Å². The number of halogens is 2. The summed E-state index contributed by atoms with van der Waals surface area (Å²) >= 11 is 1.56. The van der Waals surface area contributed by atoms with E-state index in [1.54, 1.807) is 49.5 Å². The van der Waals surface area contributed by atoms with Gasteiger partial charge in [0.2, 0.25) is 0 Å². The van der Waals surface area contributed by atoms with Gasteiger partial charge in [0.05, 0.1) is 0 Å². The molecule has 1 unspecified atom stereocenters. The van der Waals surface area contributed by atoms with Gasteiger partial charge in [0.15, 0.2) is 0 Å². The van der Waals surface area contributed by atoms with E-state index >= 15 is 0 Å². The van der Waals surface area contributed by atoms with E-state index in [1.165, 1.54) is 11.1 Å². The van der Waals surface area contributed by atoms with Gasteiger partial charge in [-0.05, 0) is 0 Å². The van der Waals surface area contributed by atoms with Gasteiger partial charge in [-0.3, -0.25) is 0 Å². The molecule has 0 N–H and O–H groups in total. The van der Waals surface area contributed by atoms with Crippen LogP contribution in [-0.4, -0.2) is 8.80 Å². The van der Waals surface area contributed by atoms with Crippen LogP contribution >= 0.6 is 0 Å². The molecule has 29 heavy (non-hydrogen) atoms. The molecule has 0 saturated carbocycles. The van der Waals surface area contributed by atoms with Crippen molar-refractivity contribution < 1.29 is 49.5 Å². The van der Waals surface area contributed by atoms with Crippen molar-refractivity contribution in [1.29, 1.82) is 0 Å². The normalized spacial score (nSPS) is 20.7. The van der Waals surface area contributed by atoms with Crippen molar-refractivity contribution in [3.8, 4) is 0 Å². The Morgan fingerprint density at radius 1 is 0.793 bits per heavy atom. The first-order chi connectivity index (χ1) is 13.1. The standard InChI is InChI=1S/C25H25Si.2ClH.Zr/c1-19-18-25(21(3)20(19)2,22-12-10-11-13-22)26(23-14-6-4-7-15-23)24-16-8-5-9-17-24;;;/h4-12,14-17,26H,13H2,1-3H3;2*1H;/q;;;+2/p-2. The van der Waals surface area contributed by atoms with Crippen LogP contribution in [0.4, 0.5) is 0 Å². The first-order valence-electron chi connectivity index (χ1n) is 9.65. The van der Waals surface area contributed by atoms with Crippen LogP contribution in [0.25, 0.3) is 0 Å². The third-order valence-electron chi connectivity index (χ3n) is 6.46. The van der Waals surface area contributed by atoms with Gasteiger partial charge in [0.25, 0.3) is 0 Å². The molecule has 0 nitrogen and oxygen atoms in total. The molecular weight excluding hydrogens is 490 g/mol. The zero-order chi connectivity index (χ0) is 19.0. The molecule has 2 aromatic rings. The quantitative estimate of drug-likeness (QED) is 0.451. The SMILES string of the molecule is CC1=C(C)C(C2=CC=CC2)([SiH](c2ccccc2)c2ccccc2)[C]([Zr+2])=C1C.[Cl-].[Cl-]. The second kappa shape index (κ2) is 9.92. The summed E-state index contributed by atoms with van der Waals surface area (Å²) in [6.45, 7) is 7.08. The smallest absolute Gasteiger partial charge is 1.00 e. The predicted molar refractivity (Wildman–Crippen MR) is 115 cm³/mol. The molecule has 0 amide bonds. The van der Waals surface area contributed by atoms with Crippen LogP contribution < -0.4 is 35.2 Å². The Labute approximate surface area is 204 Å². The fraction of sp³-hybridized carbons (Fsp3) is 0.200. The Morgan fingerprint density at radius 2 is 1.31 bits per heavy atom. The fourth-order valence-corrected chi connectivity index (χ4v) is 11.6. The molecule has 4 heteroatoms. The van der Waals surface area contributed by atoms with Crippen LogP contribution in [0.5, 0.6) is 0 Å². The van der Waals surface area contributed by atoms with E-state index in [9.17, 15) is 0 Å². The Balaban J connectivity index is 0.00000150. The molecule has 0 saturated heterocycles. The van der Waals surface area contributed by atoms with Gasteiger partial charge in [-0.1, -0.05) is 0 Å². The molecule has 0 heterocycles. The monoisotopic (exact) mass is 513 g/mol. The maximum absolute atomic E-state index is 2.41. The minimum absolute atomic E-state index is 0. The average molecular weight is 516 g/mol. The third kappa shape index (κ3) is 3.90. The average Bonchev–Trinajstić information content (AvgIpc) is 3.30. The Kier molecular flexibility index (Phi) is 8.33. The van der Waals surface area contributed by atoms with Crippen LogP contribution in [0.3, 0.4) is 0 Å². The first kappa shape index (κ1) is 24.4. The minimum atomic E-state index is -1.59. The van der Waals surface area contributed by atoms with Crippen molar-refractivity contribution >= 4 is 19.2 Å². The Hall–Kier alpha value is -0.920. The van der Waals surface area contributed by atoms with Crippen molar-refractivity contribution in [2.45, 2.75) is 32.2 Å². The Morgan fingerprint density at radius 3 is 1.69 bits per heavy atom. The van der Waals surface area contributed by atoms with E-state index in [0.29, 0.717) is 0 Å². The van der Waals surface area contributed by atoms with Gasteiger partial charge in [-0.15, -0.1) is 0 Å². The van der Waals surface area contributed by atoms with E-state index in [0.717, 1.165) is 6.42 Å². The minimum Gasteiger partial charge on any atom is -1.00 e. The Bertz CT molecular complexity index is 924. The molecule has 0 spiro atoms. The molecule has 2 aliphatic carbocycles. The second-order valence-corrected chi connectivity index (χ2v) is 11.9. The summed E-state index contributed by atoms with van der Waals surface area (Å²) in [4.78, 5) is 0. The molecule has 0 fully saturated rings. The molecule has 0 radical (unpaired) electrons. The second-order valence-electron chi connectivity index (χ2n) is 7.64. The van der Waals surface area contributed by atoms with Crippen LogP contribution in [0.15, 0.2) is 104 Å². The summed E-state index contributed by atoms with van der Waals surface area (Å²) in [5.41, 5.74) is 6.24. The van der Waals surface area contributed by atoms with Gasteiger partial charge in [-0.2, -0.15) is 0 Å². The van der Waals surface area contributed by atoms with E-state index < -0.39 is 8.80 Å². The fourth-order valence-electron chi connectivity index (χ4n) is 4.92. The van der Waals surface area contributed by atoms with Crippen molar-refractivity contribution in [2.24, 2.45) is 0 Å². The summed E-state index contributed by atoms with van der Waals surface area (Å²) in [7, 11) is -1.59. The van der Waals surface area contributed by atoms with E-state index in [1.807, 2.05) is 0 Å². The van der Waals surface area contributed by atoms with Gasteiger partial charge in [-0.25, -0.2) is 0 Å². The van der Waals surface area contributed by atoms with E-state index in [2.05, 4.69) is 99.7 Å². The van der Waals surface area contributed by atoms with Crippen molar-refractivity contribution in [3.05, 3.63) is 104 Å². The summed E-state index contributed by atoms with van der Waals surface area (Å²) in [6.07, 6.45) is 8.08. The predicted octanol–water partition coefficient (Wildman–Crippen LogP) is -1.17. The van der Waals surface area contributed by atoms with Crippen molar-refractivity contribution in [3.63, 3.8) is 0 Å². The zero-order valence-corrected chi connectivity index (χ0v) is 22.2. The molecule has 4 rings (SSSR count). The number of hydrogen-bond acceptors (Lipinski definition) is 0. The summed E-state index contributed by atoms with van der Waals surface area (Å²) in [5, 5.41) is 3.18. The number of hydrogen-bond donors (Lipinski definition) is 0. The summed E-state index contributed by atoms with van der Waals surface area (Å²) in [5.74, 6) is 0. The largest absolute Gasteiger partial charge is 1.00 e. The molecular formula is C25H25Cl2SiZr. The zero-order valence-electron chi connectivity index (χ0n) is 17.0. The van der Waals surface area contributed by atoms with Gasteiger partial charge < -0.3 is 24.8 Å². The van der Waals surface area contributed by atoms with Crippen molar-refractivity contribution in [1.82, 2.24) is 0 Å².